The van der Waals surface area contributed by atoms with Gasteiger partial charge >= 0.3 is 5.97 Å². The normalized spacial score (nSPS) is 13.7. The van der Waals surface area contributed by atoms with E-state index in [1.165, 1.54) is 0 Å². The summed E-state index contributed by atoms with van der Waals surface area (Å²) in [5.41, 5.74) is 2.08. The van der Waals surface area contributed by atoms with Gasteiger partial charge in [-0.15, -0.1) is 0 Å². The molecule has 122 valence electrons. The second-order valence-corrected chi connectivity index (χ2v) is 5.31. The zero-order valence-electron chi connectivity index (χ0n) is 12.7. The van der Waals surface area contributed by atoms with Crippen LogP contribution in [-0.2, 0) is 9.59 Å². The van der Waals surface area contributed by atoms with Gasteiger partial charge in [0.05, 0.1) is 0 Å². The van der Waals surface area contributed by atoms with E-state index in [0.29, 0.717) is 6.42 Å². The van der Waals surface area contributed by atoms with Crippen LogP contribution >= 0.6 is 0 Å². The lowest BCUT2D eigenvalue weighted by Crippen LogP contribution is -2.42. The Morgan fingerprint density at radius 2 is 1.82 bits per heavy atom. The molecule has 0 heterocycles. The first kappa shape index (κ1) is 18.1. The Balaban J connectivity index is 2.68. The molecule has 2 N–H and O–H groups in total. The zero-order chi connectivity index (χ0) is 16.7. The molecule has 0 radical (unpaired) electrons. The van der Waals surface area contributed by atoms with Crippen LogP contribution < -0.4 is 5.32 Å². The molecule has 0 saturated heterocycles. The number of carbonyl (C=O) groups excluding carboxylic acids is 1. The van der Waals surface area contributed by atoms with Crippen molar-refractivity contribution in [3.63, 3.8) is 0 Å². The Bertz CT molecular complexity index is 503. The number of rotatable bonds is 8. The monoisotopic (exact) mass is 313 g/mol. The molecule has 22 heavy (non-hydrogen) atoms. The van der Waals surface area contributed by atoms with Gasteiger partial charge in [-0.2, -0.15) is 0 Å². The number of halogens is 2. The van der Waals surface area contributed by atoms with Gasteiger partial charge in [0.15, 0.2) is 0 Å². The van der Waals surface area contributed by atoms with Gasteiger partial charge in [-0.25, -0.2) is 13.6 Å². The van der Waals surface area contributed by atoms with Crippen LogP contribution in [0.5, 0.6) is 0 Å². The van der Waals surface area contributed by atoms with Gasteiger partial charge in [-0.3, -0.25) is 4.79 Å². The van der Waals surface area contributed by atoms with Crippen molar-refractivity contribution in [3.8, 4) is 0 Å². The van der Waals surface area contributed by atoms with Crippen LogP contribution in [0.15, 0.2) is 24.3 Å². The molecule has 0 bridgehead atoms. The molecule has 1 amide bonds. The molecule has 1 aromatic carbocycles. The summed E-state index contributed by atoms with van der Waals surface area (Å²) in [7, 11) is 0. The maximum atomic E-state index is 12.3. The highest BCUT2D eigenvalue weighted by Gasteiger charge is 2.25. The number of carboxylic acids is 1. The van der Waals surface area contributed by atoms with E-state index in [0.717, 1.165) is 11.1 Å². The number of carboxylic acid groups (broad SMARTS) is 1. The van der Waals surface area contributed by atoms with Crippen LogP contribution in [0.3, 0.4) is 0 Å². The predicted molar refractivity (Wildman–Crippen MR) is 79.0 cm³/mol. The summed E-state index contributed by atoms with van der Waals surface area (Å²) in [5.74, 6) is -2.04. The minimum absolute atomic E-state index is 0.0680. The average Bonchev–Trinajstić information content (AvgIpc) is 2.44. The Morgan fingerprint density at radius 1 is 1.23 bits per heavy atom. The van der Waals surface area contributed by atoms with Crippen molar-refractivity contribution in [2.45, 2.75) is 51.5 Å². The third kappa shape index (κ3) is 5.79. The molecular formula is C16H21F2NO3. The van der Waals surface area contributed by atoms with E-state index in [4.69, 9.17) is 5.11 Å². The number of carbonyl (C=O) groups is 2. The summed E-state index contributed by atoms with van der Waals surface area (Å²) in [6.07, 6.45) is -2.89. The molecule has 6 heteroatoms. The van der Waals surface area contributed by atoms with Gasteiger partial charge in [-0.1, -0.05) is 36.8 Å². The first-order chi connectivity index (χ1) is 10.3. The smallest absolute Gasteiger partial charge is 0.326 e. The lowest BCUT2D eigenvalue weighted by atomic mass is 9.92. The van der Waals surface area contributed by atoms with Crippen LogP contribution in [0.25, 0.3) is 0 Å². The highest BCUT2D eigenvalue weighted by atomic mass is 19.3. The van der Waals surface area contributed by atoms with Gasteiger partial charge in [0.25, 0.3) is 0 Å². The summed E-state index contributed by atoms with van der Waals surface area (Å²) in [4.78, 5) is 22.8. The molecular weight excluding hydrogens is 292 g/mol. The van der Waals surface area contributed by atoms with E-state index in [-0.39, 0.29) is 12.3 Å². The van der Waals surface area contributed by atoms with E-state index in [1.807, 2.05) is 38.1 Å². The SMILES string of the molecule is CCC(CC(=O)NC(CC(F)F)C(=O)O)c1ccc(C)cc1. The second kappa shape index (κ2) is 8.46. The molecule has 0 fully saturated rings. The first-order valence-electron chi connectivity index (χ1n) is 7.20. The molecule has 0 aromatic heterocycles. The van der Waals surface area contributed by atoms with Gasteiger partial charge in [0.1, 0.15) is 6.04 Å². The maximum Gasteiger partial charge on any atom is 0.326 e. The zero-order valence-corrected chi connectivity index (χ0v) is 12.7. The Labute approximate surface area is 128 Å². The van der Waals surface area contributed by atoms with Gasteiger partial charge in [-0.05, 0) is 24.8 Å². The van der Waals surface area contributed by atoms with Gasteiger partial charge in [0, 0.05) is 12.8 Å². The Hall–Kier alpha value is -1.98. The Morgan fingerprint density at radius 3 is 2.27 bits per heavy atom. The summed E-state index contributed by atoms with van der Waals surface area (Å²) in [5, 5.41) is 11.0. The van der Waals surface area contributed by atoms with Crippen molar-refractivity contribution in [2.75, 3.05) is 0 Å². The van der Waals surface area contributed by atoms with Crippen molar-refractivity contribution >= 4 is 11.9 Å². The summed E-state index contributed by atoms with van der Waals surface area (Å²) in [6.45, 7) is 3.88. The van der Waals surface area contributed by atoms with E-state index in [1.54, 1.807) is 0 Å². The minimum atomic E-state index is -2.78. The second-order valence-electron chi connectivity index (χ2n) is 5.31. The number of aryl methyl sites for hydroxylation is 1. The average molecular weight is 313 g/mol. The molecule has 0 aliphatic carbocycles. The molecule has 0 saturated carbocycles. The van der Waals surface area contributed by atoms with E-state index >= 15 is 0 Å². The molecule has 1 rings (SSSR count). The first-order valence-corrected chi connectivity index (χ1v) is 7.20. The molecule has 2 atom stereocenters. The van der Waals surface area contributed by atoms with Crippen LogP contribution in [0.1, 0.15) is 43.2 Å². The number of hydrogen-bond acceptors (Lipinski definition) is 2. The van der Waals surface area contributed by atoms with E-state index < -0.39 is 30.8 Å². The van der Waals surface area contributed by atoms with Crippen molar-refractivity contribution < 1.29 is 23.5 Å². The standard InChI is InChI=1S/C16H21F2NO3/c1-3-11(12-6-4-10(2)5-7-12)8-15(20)19-13(16(21)22)9-14(17)18/h4-7,11,13-14H,3,8-9H2,1-2H3,(H,19,20)(H,21,22). The summed E-state index contributed by atoms with van der Waals surface area (Å²) >= 11 is 0. The molecule has 2 unspecified atom stereocenters. The fourth-order valence-electron chi connectivity index (χ4n) is 2.21. The van der Waals surface area contributed by atoms with Crippen LogP contribution in [0.2, 0.25) is 0 Å². The third-order valence-corrected chi connectivity index (χ3v) is 3.52. The topological polar surface area (TPSA) is 66.4 Å². The fourth-order valence-corrected chi connectivity index (χ4v) is 2.21. The number of aliphatic carboxylic acids is 1. The lowest BCUT2D eigenvalue weighted by molar-refractivity contribution is -0.143. The number of benzene rings is 1. The van der Waals surface area contributed by atoms with Gasteiger partial charge < -0.3 is 10.4 Å². The summed E-state index contributed by atoms with van der Waals surface area (Å²) in [6, 6.07) is 6.16. The molecule has 0 spiro atoms. The molecule has 4 nitrogen and oxygen atoms in total. The number of alkyl halides is 2. The number of hydrogen-bond donors (Lipinski definition) is 2. The highest BCUT2D eigenvalue weighted by molar-refractivity contribution is 5.84. The largest absolute Gasteiger partial charge is 0.480 e. The fraction of sp³-hybridized carbons (Fsp3) is 0.500. The van der Waals surface area contributed by atoms with Gasteiger partial charge in [0.2, 0.25) is 12.3 Å². The summed E-state index contributed by atoms with van der Waals surface area (Å²) < 4.78 is 24.6. The third-order valence-electron chi connectivity index (χ3n) is 3.52. The minimum Gasteiger partial charge on any atom is -0.480 e. The van der Waals surface area contributed by atoms with Crippen molar-refractivity contribution in [3.05, 3.63) is 35.4 Å². The van der Waals surface area contributed by atoms with Crippen LogP contribution in [-0.4, -0.2) is 29.5 Å². The van der Waals surface area contributed by atoms with Crippen molar-refractivity contribution in [1.29, 1.82) is 0 Å². The molecule has 0 aliphatic heterocycles. The quantitative estimate of drug-likeness (QED) is 0.775. The van der Waals surface area contributed by atoms with E-state index in [9.17, 15) is 18.4 Å². The van der Waals surface area contributed by atoms with Crippen molar-refractivity contribution in [1.82, 2.24) is 5.32 Å². The lowest BCUT2D eigenvalue weighted by Gasteiger charge is -2.18. The number of nitrogens with one attached hydrogen (secondary N) is 1. The molecule has 1 aromatic rings. The molecule has 0 aliphatic rings. The van der Waals surface area contributed by atoms with Crippen molar-refractivity contribution in [2.24, 2.45) is 0 Å². The number of amides is 1. The van der Waals surface area contributed by atoms with Crippen LogP contribution in [0.4, 0.5) is 8.78 Å². The van der Waals surface area contributed by atoms with E-state index in [2.05, 4.69) is 5.32 Å². The predicted octanol–water partition coefficient (Wildman–Crippen LogP) is 3.10. The Kier molecular flexibility index (Phi) is 6.95. The highest BCUT2D eigenvalue weighted by Crippen LogP contribution is 2.23. The maximum absolute atomic E-state index is 12.3. The van der Waals surface area contributed by atoms with Crippen LogP contribution in [0, 0.1) is 6.92 Å².